The molecule has 0 aliphatic rings. The molecule has 0 aliphatic heterocycles. The first kappa shape index (κ1) is 26.2. The Morgan fingerprint density at radius 3 is 1.02 bits per heavy atom. The summed E-state index contributed by atoms with van der Waals surface area (Å²) in [5.74, 6) is 0. The van der Waals surface area contributed by atoms with E-state index in [4.69, 9.17) is 4.99 Å². The SMILES string of the molecule is c1ccc(N=C(c2ccc(-n3c4ccccc4c4ccccc43)cc2)c2ccc(-n3c4ccccc4c4ccccc43)cc2)cc1. The van der Waals surface area contributed by atoms with Crippen molar-refractivity contribution in [3.63, 3.8) is 0 Å². The molecule has 2 heterocycles. The molecule has 2 aromatic heterocycles. The van der Waals surface area contributed by atoms with Crippen molar-refractivity contribution in [1.29, 1.82) is 0 Å². The van der Waals surface area contributed by atoms with Crippen LogP contribution in [0.1, 0.15) is 11.1 Å². The summed E-state index contributed by atoms with van der Waals surface area (Å²) in [6, 6.07) is 62.3. The number of fused-ring (bicyclic) bond motifs is 6. The van der Waals surface area contributed by atoms with Crippen LogP contribution in [0.3, 0.4) is 0 Å². The lowest BCUT2D eigenvalue weighted by molar-refractivity contribution is 1.18. The Bertz CT molecular complexity index is 2280. The Morgan fingerprint density at radius 2 is 0.652 bits per heavy atom. The minimum atomic E-state index is 0.926. The normalized spacial score (nSPS) is 11.5. The van der Waals surface area contributed by atoms with Gasteiger partial charge in [0.25, 0.3) is 0 Å². The highest BCUT2D eigenvalue weighted by molar-refractivity contribution is 6.15. The molecular weight excluding hydrogens is 558 g/mol. The summed E-state index contributed by atoms with van der Waals surface area (Å²) >= 11 is 0. The van der Waals surface area contributed by atoms with Crippen LogP contribution in [0.15, 0.2) is 181 Å². The van der Waals surface area contributed by atoms with Crippen LogP contribution in [0.4, 0.5) is 5.69 Å². The third-order valence-corrected chi connectivity index (χ3v) is 8.96. The Labute approximate surface area is 266 Å². The molecular formula is C43H29N3. The van der Waals surface area contributed by atoms with E-state index in [1.807, 2.05) is 18.2 Å². The first-order valence-corrected chi connectivity index (χ1v) is 15.7. The van der Waals surface area contributed by atoms with Crippen molar-refractivity contribution >= 4 is 55.0 Å². The van der Waals surface area contributed by atoms with E-state index in [0.717, 1.165) is 33.9 Å². The van der Waals surface area contributed by atoms with Gasteiger partial charge in [-0.25, -0.2) is 4.99 Å². The maximum absolute atomic E-state index is 5.19. The van der Waals surface area contributed by atoms with Crippen LogP contribution in [0.25, 0.3) is 55.0 Å². The third-order valence-electron chi connectivity index (χ3n) is 8.96. The van der Waals surface area contributed by atoms with Gasteiger partial charge >= 0.3 is 0 Å². The quantitative estimate of drug-likeness (QED) is 0.179. The molecule has 0 saturated heterocycles. The predicted molar refractivity (Wildman–Crippen MR) is 193 cm³/mol. The molecule has 0 fully saturated rings. The zero-order valence-electron chi connectivity index (χ0n) is 25.1. The number of para-hydroxylation sites is 5. The number of aliphatic imine (C=N–C) groups is 1. The first-order chi connectivity index (χ1) is 22.8. The van der Waals surface area contributed by atoms with E-state index in [2.05, 4.69) is 167 Å². The lowest BCUT2D eigenvalue weighted by Gasteiger charge is -2.13. The zero-order valence-corrected chi connectivity index (χ0v) is 25.1. The molecule has 0 spiro atoms. The van der Waals surface area contributed by atoms with E-state index in [0.29, 0.717) is 0 Å². The minimum Gasteiger partial charge on any atom is -0.309 e. The molecule has 0 unspecified atom stereocenters. The van der Waals surface area contributed by atoms with E-state index in [1.54, 1.807) is 0 Å². The lowest BCUT2D eigenvalue weighted by Crippen LogP contribution is -2.05. The number of nitrogens with zero attached hydrogens (tertiary/aromatic N) is 3. The second-order valence-electron chi connectivity index (χ2n) is 11.6. The molecule has 0 radical (unpaired) electrons. The number of benzene rings is 7. The Balaban J connectivity index is 1.16. The van der Waals surface area contributed by atoms with Crippen LogP contribution in [-0.2, 0) is 0 Å². The topological polar surface area (TPSA) is 22.2 Å². The minimum absolute atomic E-state index is 0.926. The fourth-order valence-electron chi connectivity index (χ4n) is 6.87. The van der Waals surface area contributed by atoms with Crippen molar-refractivity contribution in [3.8, 4) is 11.4 Å². The summed E-state index contributed by atoms with van der Waals surface area (Å²) in [5.41, 5.74) is 11.1. The van der Waals surface area contributed by atoms with Gasteiger partial charge in [-0.2, -0.15) is 0 Å². The van der Waals surface area contributed by atoms with Crippen molar-refractivity contribution in [3.05, 3.63) is 187 Å². The largest absolute Gasteiger partial charge is 0.309 e. The maximum atomic E-state index is 5.19. The zero-order chi connectivity index (χ0) is 30.5. The Morgan fingerprint density at radius 1 is 0.326 bits per heavy atom. The third kappa shape index (κ3) is 4.25. The molecule has 7 aromatic carbocycles. The molecule has 3 nitrogen and oxygen atoms in total. The smallest absolute Gasteiger partial charge is 0.0781 e. The highest BCUT2D eigenvalue weighted by Gasteiger charge is 2.15. The lowest BCUT2D eigenvalue weighted by atomic mass is 10.0. The van der Waals surface area contributed by atoms with Gasteiger partial charge in [-0.15, -0.1) is 0 Å². The van der Waals surface area contributed by atoms with Gasteiger partial charge in [0, 0.05) is 44.0 Å². The van der Waals surface area contributed by atoms with E-state index >= 15 is 0 Å². The van der Waals surface area contributed by atoms with E-state index in [1.165, 1.54) is 43.6 Å². The van der Waals surface area contributed by atoms with Crippen molar-refractivity contribution < 1.29 is 0 Å². The predicted octanol–water partition coefficient (Wildman–Crippen LogP) is 11.0. The number of aromatic nitrogens is 2. The average molecular weight is 588 g/mol. The van der Waals surface area contributed by atoms with Crippen LogP contribution in [0.5, 0.6) is 0 Å². The molecule has 0 amide bonds. The van der Waals surface area contributed by atoms with Crippen LogP contribution in [0, 0.1) is 0 Å². The highest BCUT2D eigenvalue weighted by atomic mass is 15.0. The summed E-state index contributed by atoms with van der Waals surface area (Å²) in [6.45, 7) is 0. The number of hydrogen-bond acceptors (Lipinski definition) is 1. The van der Waals surface area contributed by atoms with E-state index < -0.39 is 0 Å². The summed E-state index contributed by atoms with van der Waals surface area (Å²) in [5, 5.41) is 5.04. The number of rotatable bonds is 5. The molecule has 9 rings (SSSR count). The first-order valence-electron chi connectivity index (χ1n) is 15.7. The Hall–Kier alpha value is -6.19. The molecule has 9 aromatic rings. The average Bonchev–Trinajstić information content (AvgIpc) is 3.65. The van der Waals surface area contributed by atoms with Gasteiger partial charge in [0.2, 0.25) is 0 Å². The van der Waals surface area contributed by atoms with Crippen molar-refractivity contribution in [2.24, 2.45) is 4.99 Å². The molecule has 216 valence electrons. The van der Waals surface area contributed by atoms with Gasteiger partial charge in [0.05, 0.1) is 33.5 Å². The summed E-state index contributed by atoms with van der Waals surface area (Å²) in [4.78, 5) is 5.19. The molecule has 0 atom stereocenters. The molecule has 0 bridgehead atoms. The summed E-state index contributed by atoms with van der Waals surface area (Å²) in [6.07, 6.45) is 0. The summed E-state index contributed by atoms with van der Waals surface area (Å²) < 4.78 is 4.70. The summed E-state index contributed by atoms with van der Waals surface area (Å²) in [7, 11) is 0. The second-order valence-corrected chi connectivity index (χ2v) is 11.6. The van der Waals surface area contributed by atoms with E-state index in [9.17, 15) is 0 Å². The van der Waals surface area contributed by atoms with Crippen molar-refractivity contribution in [1.82, 2.24) is 9.13 Å². The van der Waals surface area contributed by atoms with Crippen LogP contribution in [0.2, 0.25) is 0 Å². The van der Waals surface area contributed by atoms with Gasteiger partial charge in [0.15, 0.2) is 0 Å². The van der Waals surface area contributed by atoms with Crippen LogP contribution in [-0.4, -0.2) is 14.8 Å². The fraction of sp³-hybridized carbons (Fsp3) is 0. The van der Waals surface area contributed by atoms with Crippen molar-refractivity contribution in [2.45, 2.75) is 0 Å². The highest BCUT2D eigenvalue weighted by Crippen LogP contribution is 2.34. The molecule has 0 saturated carbocycles. The fourth-order valence-corrected chi connectivity index (χ4v) is 6.87. The van der Waals surface area contributed by atoms with Gasteiger partial charge in [0.1, 0.15) is 0 Å². The van der Waals surface area contributed by atoms with E-state index in [-0.39, 0.29) is 0 Å². The number of hydrogen-bond donors (Lipinski definition) is 0. The van der Waals surface area contributed by atoms with Crippen LogP contribution < -0.4 is 0 Å². The maximum Gasteiger partial charge on any atom is 0.0781 e. The molecule has 0 aliphatic carbocycles. The van der Waals surface area contributed by atoms with Gasteiger partial charge in [-0.3, -0.25) is 0 Å². The van der Waals surface area contributed by atoms with Gasteiger partial charge in [-0.1, -0.05) is 115 Å². The van der Waals surface area contributed by atoms with Gasteiger partial charge < -0.3 is 9.13 Å². The van der Waals surface area contributed by atoms with Crippen molar-refractivity contribution in [2.75, 3.05) is 0 Å². The second kappa shape index (κ2) is 10.8. The molecule has 0 N–H and O–H groups in total. The monoisotopic (exact) mass is 587 g/mol. The molecule has 46 heavy (non-hydrogen) atoms. The van der Waals surface area contributed by atoms with Gasteiger partial charge in [-0.05, 0) is 60.7 Å². The standard InChI is InChI=1S/C43H29N3/c1-2-12-32(13-3-1)44-43(30-22-26-33(27-23-30)45-39-18-8-4-14-35(39)36-15-5-9-19-40(36)45)31-24-28-34(29-25-31)46-41-20-10-6-16-37(41)38-17-7-11-21-42(38)46/h1-29H. The van der Waals surface area contributed by atoms with Crippen LogP contribution >= 0.6 is 0 Å². The Kier molecular flexibility index (Phi) is 6.14. The molecule has 3 heteroatoms.